The van der Waals surface area contributed by atoms with Gasteiger partial charge in [-0.15, -0.1) is 0 Å². The lowest BCUT2D eigenvalue weighted by molar-refractivity contribution is -0.747. The highest BCUT2D eigenvalue weighted by Crippen LogP contribution is 2.16. The van der Waals surface area contributed by atoms with Gasteiger partial charge in [-0.25, -0.2) is 8.42 Å². The second-order valence-corrected chi connectivity index (χ2v) is 5.98. The van der Waals surface area contributed by atoms with Crippen molar-refractivity contribution in [2.24, 2.45) is 0 Å². The first-order valence-corrected chi connectivity index (χ1v) is 7.21. The minimum atomic E-state index is -4.20. The van der Waals surface area contributed by atoms with E-state index in [-0.39, 0.29) is 6.54 Å². The van der Waals surface area contributed by atoms with Crippen molar-refractivity contribution < 1.29 is 17.7 Å². The molecule has 0 atom stereocenters. The van der Waals surface area contributed by atoms with Crippen LogP contribution in [0.1, 0.15) is 0 Å². The summed E-state index contributed by atoms with van der Waals surface area (Å²) in [7, 11) is -4.20. The summed E-state index contributed by atoms with van der Waals surface area (Å²) in [6.45, 7) is 0.0673. The zero-order chi connectivity index (χ0) is 12.5. The van der Waals surface area contributed by atoms with Crippen LogP contribution in [0.15, 0.2) is 34.9 Å². The third-order valence-corrected chi connectivity index (χ3v) is 3.40. The summed E-state index contributed by atoms with van der Waals surface area (Å²) < 4.78 is 33.9. The van der Waals surface area contributed by atoms with Crippen molar-refractivity contribution in [3.05, 3.63) is 34.9 Å². The van der Waals surface area contributed by atoms with E-state index < -0.39 is 15.9 Å². The SMILES string of the molecule is O=S(=O)([O-])CC[n+]1ccc2cc(Br)ccc2n1. The van der Waals surface area contributed by atoms with Crippen LogP contribution in [0.4, 0.5) is 0 Å². The van der Waals surface area contributed by atoms with Gasteiger partial charge in [0.25, 0.3) is 0 Å². The molecule has 0 spiro atoms. The van der Waals surface area contributed by atoms with Gasteiger partial charge < -0.3 is 4.55 Å². The molecule has 0 fully saturated rings. The quantitative estimate of drug-likeness (QED) is 0.621. The highest BCUT2D eigenvalue weighted by Gasteiger charge is 2.07. The fourth-order valence-electron chi connectivity index (χ4n) is 1.42. The molecule has 17 heavy (non-hydrogen) atoms. The smallest absolute Gasteiger partial charge is 0.196 e. The molecule has 1 aromatic heterocycles. The molecule has 0 amide bonds. The maximum Gasteiger partial charge on any atom is 0.196 e. The second kappa shape index (κ2) is 4.67. The van der Waals surface area contributed by atoms with Crippen LogP contribution in [0.3, 0.4) is 0 Å². The molecule has 0 aliphatic carbocycles. The second-order valence-electron chi connectivity index (χ2n) is 3.54. The maximum absolute atomic E-state index is 10.5. The Morgan fingerprint density at radius 3 is 2.82 bits per heavy atom. The molecule has 0 saturated heterocycles. The molecule has 1 heterocycles. The summed E-state index contributed by atoms with van der Waals surface area (Å²) in [5.74, 6) is -0.452. The number of benzene rings is 1. The van der Waals surface area contributed by atoms with Crippen molar-refractivity contribution in [1.29, 1.82) is 0 Å². The largest absolute Gasteiger partial charge is 0.748 e. The van der Waals surface area contributed by atoms with Crippen molar-refractivity contribution in [3.8, 4) is 0 Å². The van der Waals surface area contributed by atoms with E-state index in [1.54, 1.807) is 6.20 Å². The number of halogens is 1. The lowest BCUT2D eigenvalue weighted by Gasteiger charge is -2.02. The average Bonchev–Trinajstić information content (AvgIpc) is 2.25. The van der Waals surface area contributed by atoms with Gasteiger partial charge in [-0.05, 0) is 18.2 Å². The molecule has 5 nitrogen and oxygen atoms in total. The van der Waals surface area contributed by atoms with Crippen LogP contribution in [0.2, 0.25) is 0 Å². The fraction of sp³-hybridized carbons (Fsp3) is 0.200. The number of nitrogens with zero attached hydrogens (tertiary/aromatic N) is 2. The minimum absolute atomic E-state index is 0.0673. The van der Waals surface area contributed by atoms with Crippen molar-refractivity contribution in [2.75, 3.05) is 5.75 Å². The Labute approximate surface area is 107 Å². The number of hydrogen-bond acceptors (Lipinski definition) is 4. The van der Waals surface area contributed by atoms with Crippen LogP contribution in [0.25, 0.3) is 10.9 Å². The van der Waals surface area contributed by atoms with Gasteiger partial charge >= 0.3 is 0 Å². The van der Waals surface area contributed by atoms with Crippen LogP contribution in [0, 0.1) is 0 Å². The first-order valence-electron chi connectivity index (χ1n) is 4.84. The van der Waals surface area contributed by atoms with Gasteiger partial charge in [-0.2, -0.15) is 0 Å². The molecule has 0 saturated carbocycles. The number of aromatic nitrogens is 2. The molecule has 0 aliphatic rings. The third-order valence-electron chi connectivity index (χ3n) is 2.22. The molecule has 0 radical (unpaired) electrons. The Morgan fingerprint density at radius 2 is 2.12 bits per heavy atom. The monoisotopic (exact) mass is 316 g/mol. The van der Waals surface area contributed by atoms with Crippen LogP contribution in [-0.4, -0.2) is 23.8 Å². The molecule has 90 valence electrons. The molecule has 2 aromatic rings. The molecule has 1 aromatic carbocycles. The van der Waals surface area contributed by atoms with Crippen LogP contribution in [0.5, 0.6) is 0 Å². The molecular formula is C10H9BrN2O3S. The van der Waals surface area contributed by atoms with E-state index >= 15 is 0 Å². The topological polar surface area (TPSA) is 74.0 Å². The van der Waals surface area contributed by atoms with Gasteiger partial charge in [0.05, 0.1) is 5.75 Å². The predicted octanol–water partition coefficient (Wildman–Crippen LogP) is 0.830. The Morgan fingerprint density at radius 1 is 1.35 bits per heavy atom. The normalized spacial score (nSPS) is 11.9. The Bertz CT molecular complexity index is 658. The summed E-state index contributed by atoms with van der Waals surface area (Å²) in [5, 5.41) is 5.16. The van der Waals surface area contributed by atoms with Crippen LogP contribution < -0.4 is 4.68 Å². The Kier molecular flexibility index (Phi) is 3.41. The van der Waals surface area contributed by atoms with Crippen molar-refractivity contribution in [2.45, 2.75) is 6.54 Å². The minimum Gasteiger partial charge on any atom is -0.748 e. The molecule has 2 rings (SSSR count). The van der Waals surface area contributed by atoms with Crippen molar-refractivity contribution >= 4 is 37.0 Å². The van der Waals surface area contributed by atoms with Gasteiger partial charge in [0.1, 0.15) is 15.6 Å². The number of aryl methyl sites for hydroxylation is 1. The molecule has 0 aliphatic heterocycles. The standard InChI is InChI=1S/C10H9BrN2O3S/c11-9-1-2-10-8(7-9)3-4-13(12-10)5-6-17(14,15)16/h1-4,7H,5-6H2. The summed E-state index contributed by atoms with van der Waals surface area (Å²) in [4.78, 5) is 0. The molecule has 7 heteroatoms. The Balaban J connectivity index is 2.29. The number of rotatable bonds is 3. The van der Waals surface area contributed by atoms with Gasteiger partial charge in [0.15, 0.2) is 12.7 Å². The van der Waals surface area contributed by atoms with Crippen LogP contribution in [-0.2, 0) is 16.7 Å². The lowest BCUT2D eigenvalue weighted by Crippen LogP contribution is -2.40. The summed E-state index contributed by atoms with van der Waals surface area (Å²) in [6.07, 6.45) is 1.65. The van der Waals surface area contributed by atoms with Gasteiger partial charge in [-0.3, -0.25) is 0 Å². The summed E-state index contributed by atoms with van der Waals surface area (Å²) >= 11 is 3.35. The Hall–Kier alpha value is -1.05. The molecular weight excluding hydrogens is 308 g/mol. The fourth-order valence-corrected chi connectivity index (χ4v) is 2.21. The van der Waals surface area contributed by atoms with E-state index in [2.05, 4.69) is 21.0 Å². The molecule has 0 N–H and O–H groups in total. The lowest BCUT2D eigenvalue weighted by atomic mass is 10.2. The van der Waals surface area contributed by atoms with Gasteiger partial charge in [-0.1, -0.05) is 20.6 Å². The third kappa shape index (κ3) is 3.45. The van der Waals surface area contributed by atoms with E-state index in [1.807, 2.05) is 24.3 Å². The van der Waals surface area contributed by atoms with Gasteiger partial charge in [0.2, 0.25) is 0 Å². The maximum atomic E-state index is 10.5. The van der Waals surface area contributed by atoms with Crippen molar-refractivity contribution in [1.82, 2.24) is 5.10 Å². The average molecular weight is 317 g/mol. The zero-order valence-electron chi connectivity index (χ0n) is 8.71. The van der Waals surface area contributed by atoms with E-state index in [1.165, 1.54) is 4.68 Å². The van der Waals surface area contributed by atoms with E-state index in [0.29, 0.717) is 0 Å². The first-order chi connectivity index (χ1) is 7.94. The van der Waals surface area contributed by atoms with Crippen molar-refractivity contribution in [3.63, 3.8) is 0 Å². The zero-order valence-corrected chi connectivity index (χ0v) is 11.1. The highest BCUT2D eigenvalue weighted by atomic mass is 79.9. The predicted molar refractivity (Wildman–Crippen MR) is 64.2 cm³/mol. The van der Waals surface area contributed by atoms with E-state index in [9.17, 15) is 13.0 Å². The molecule has 0 unspecified atom stereocenters. The highest BCUT2D eigenvalue weighted by molar-refractivity contribution is 9.10. The van der Waals surface area contributed by atoms with E-state index in [4.69, 9.17) is 0 Å². The van der Waals surface area contributed by atoms with Crippen LogP contribution >= 0.6 is 15.9 Å². The summed E-state index contributed by atoms with van der Waals surface area (Å²) in [6, 6.07) is 7.41. The molecule has 0 bridgehead atoms. The van der Waals surface area contributed by atoms with E-state index in [0.717, 1.165) is 15.4 Å². The first kappa shape index (κ1) is 12.4. The summed E-state index contributed by atoms with van der Waals surface area (Å²) in [5.41, 5.74) is 0.749. The number of hydrogen-bond donors (Lipinski definition) is 0. The number of fused-ring (bicyclic) bond motifs is 1. The van der Waals surface area contributed by atoms with Gasteiger partial charge in [0, 0.05) is 21.0 Å².